The summed E-state index contributed by atoms with van der Waals surface area (Å²) in [5, 5.41) is 22.9. The number of esters is 2. The van der Waals surface area contributed by atoms with Crippen LogP contribution in [0.5, 0.6) is 5.75 Å². The molecule has 1 fully saturated rings. The number of aliphatic hydroxyl groups is 2. The van der Waals surface area contributed by atoms with Crippen LogP contribution in [0.25, 0.3) is 0 Å². The van der Waals surface area contributed by atoms with Crippen molar-refractivity contribution >= 4 is 23.5 Å². The fourth-order valence-corrected chi connectivity index (χ4v) is 5.60. The van der Waals surface area contributed by atoms with Gasteiger partial charge in [0.2, 0.25) is 0 Å². The second kappa shape index (κ2) is 15.9. The first-order valence-electron chi connectivity index (χ1n) is 15.2. The van der Waals surface area contributed by atoms with Crippen LogP contribution in [0.1, 0.15) is 40.8 Å². The summed E-state index contributed by atoms with van der Waals surface area (Å²) in [5.41, 5.74) is 3.88. The van der Waals surface area contributed by atoms with Crippen LogP contribution in [0.2, 0.25) is 5.02 Å². The molecule has 0 aliphatic carbocycles. The highest BCUT2D eigenvalue weighted by molar-refractivity contribution is 6.31. The lowest BCUT2D eigenvalue weighted by atomic mass is 9.89. The molecule has 5 atom stereocenters. The second-order valence-corrected chi connectivity index (χ2v) is 11.6. The quantitative estimate of drug-likeness (QED) is 0.196. The summed E-state index contributed by atoms with van der Waals surface area (Å²) < 4.78 is 23.1. The van der Waals surface area contributed by atoms with Gasteiger partial charge in [-0.05, 0) is 59.4 Å². The smallest absolute Gasteiger partial charge is 0.310 e. The molecular formula is C37H37ClO8. The van der Waals surface area contributed by atoms with E-state index in [4.69, 9.17) is 30.5 Å². The fraction of sp³-hybridized carbons (Fsp3) is 0.297. The summed E-state index contributed by atoms with van der Waals surface area (Å²) in [4.78, 5) is 25.6. The van der Waals surface area contributed by atoms with E-state index in [1.807, 2.05) is 85.8 Å². The van der Waals surface area contributed by atoms with Gasteiger partial charge in [0, 0.05) is 5.02 Å². The van der Waals surface area contributed by atoms with Crippen molar-refractivity contribution in [3.63, 3.8) is 0 Å². The molecule has 0 saturated carbocycles. The van der Waals surface area contributed by atoms with Crippen molar-refractivity contribution in [1.82, 2.24) is 0 Å². The van der Waals surface area contributed by atoms with E-state index in [9.17, 15) is 19.8 Å². The van der Waals surface area contributed by atoms with Crippen LogP contribution in [0.15, 0.2) is 103 Å². The van der Waals surface area contributed by atoms with Crippen molar-refractivity contribution in [2.24, 2.45) is 0 Å². The molecule has 0 aromatic heterocycles. The monoisotopic (exact) mass is 644 g/mol. The first-order valence-corrected chi connectivity index (χ1v) is 15.6. The Morgan fingerprint density at radius 2 is 1.41 bits per heavy atom. The first kappa shape index (κ1) is 33.2. The SMILES string of the molecule is CCOc1ccc(Cc2cc([C@@H]3O[C@H](COC(=O)Cc4ccccc4)[C@@H](O)[C@H](O)[C@H]3OC(=O)Cc3ccccc3)ccc2Cl)cc1. The predicted octanol–water partition coefficient (Wildman–Crippen LogP) is 5.43. The van der Waals surface area contributed by atoms with Gasteiger partial charge in [0.15, 0.2) is 6.10 Å². The van der Waals surface area contributed by atoms with E-state index in [2.05, 4.69) is 0 Å². The zero-order valence-corrected chi connectivity index (χ0v) is 26.2. The van der Waals surface area contributed by atoms with Crippen molar-refractivity contribution in [2.45, 2.75) is 56.7 Å². The summed E-state index contributed by atoms with van der Waals surface area (Å²) in [5.74, 6) is -0.328. The molecule has 9 heteroatoms. The van der Waals surface area contributed by atoms with E-state index in [1.165, 1.54) is 0 Å². The van der Waals surface area contributed by atoms with Gasteiger partial charge in [-0.15, -0.1) is 0 Å². The highest BCUT2D eigenvalue weighted by Gasteiger charge is 2.47. The molecular weight excluding hydrogens is 608 g/mol. The van der Waals surface area contributed by atoms with E-state index >= 15 is 0 Å². The van der Waals surface area contributed by atoms with E-state index < -0.39 is 42.5 Å². The molecule has 1 aliphatic heterocycles. The number of benzene rings is 4. The van der Waals surface area contributed by atoms with Gasteiger partial charge < -0.3 is 29.2 Å². The Kier molecular flexibility index (Phi) is 11.4. The number of carbonyl (C=O) groups excluding carboxylic acids is 2. The normalized spacial score (nSPS) is 20.9. The Morgan fingerprint density at radius 1 is 0.783 bits per heavy atom. The number of carbonyl (C=O) groups is 2. The molecule has 1 aliphatic rings. The standard InChI is InChI=1S/C37H37ClO8/c1-2-43-29-16-13-26(14-17-29)19-28-22-27(15-18-30(28)38)36-37(46-33(40)21-25-11-7-4-8-12-25)35(42)34(41)31(45-36)23-44-32(39)20-24-9-5-3-6-10-24/h3-18,22,31,34-37,41-42H,2,19-21,23H2,1H3/t31-,34-,35+,36+,37-/m1/s1. The molecule has 4 aromatic carbocycles. The number of aliphatic hydroxyl groups excluding tert-OH is 2. The molecule has 5 rings (SSSR count). The van der Waals surface area contributed by atoms with Crippen LogP contribution >= 0.6 is 11.6 Å². The zero-order chi connectivity index (χ0) is 32.5. The lowest BCUT2D eigenvalue weighted by molar-refractivity contribution is -0.243. The van der Waals surface area contributed by atoms with Crippen molar-refractivity contribution < 1.29 is 38.7 Å². The molecule has 2 N–H and O–H groups in total. The zero-order valence-electron chi connectivity index (χ0n) is 25.5. The molecule has 8 nitrogen and oxygen atoms in total. The number of rotatable bonds is 12. The van der Waals surface area contributed by atoms with Crippen molar-refractivity contribution in [2.75, 3.05) is 13.2 Å². The van der Waals surface area contributed by atoms with E-state index in [1.54, 1.807) is 24.3 Å². The largest absolute Gasteiger partial charge is 0.494 e. The highest BCUT2D eigenvalue weighted by atomic mass is 35.5. The maximum absolute atomic E-state index is 13.0. The third-order valence-corrected chi connectivity index (χ3v) is 8.14. The molecule has 4 aromatic rings. The van der Waals surface area contributed by atoms with Gasteiger partial charge in [-0.25, -0.2) is 0 Å². The second-order valence-electron chi connectivity index (χ2n) is 11.1. The third-order valence-electron chi connectivity index (χ3n) is 7.77. The fourth-order valence-electron chi connectivity index (χ4n) is 5.42. The Balaban J connectivity index is 1.37. The average molecular weight is 645 g/mol. The first-order chi connectivity index (χ1) is 22.3. The van der Waals surface area contributed by atoms with Gasteiger partial charge in [0.25, 0.3) is 0 Å². The molecule has 0 radical (unpaired) electrons. The minimum Gasteiger partial charge on any atom is -0.494 e. The van der Waals surface area contributed by atoms with Crippen LogP contribution in [-0.2, 0) is 43.1 Å². The third kappa shape index (κ3) is 8.73. The predicted molar refractivity (Wildman–Crippen MR) is 173 cm³/mol. The number of hydrogen-bond acceptors (Lipinski definition) is 8. The minimum atomic E-state index is -1.53. The molecule has 0 unspecified atom stereocenters. The van der Waals surface area contributed by atoms with E-state index in [0.29, 0.717) is 23.6 Å². The summed E-state index contributed by atoms with van der Waals surface area (Å²) >= 11 is 6.61. The maximum Gasteiger partial charge on any atom is 0.310 e. The molecule has 0 spiro atoms. The van der Waals surface area contributed by atoms with Crippen LogP contribution < -0.4 is 4.74 Å². The molecule has 1 heterocycles. The Morgan fingerprint density at radius 3 is 2.04 bits per heavy atom. The van der Waals surface area contributed by atoms with Gasteiger partial charge in [0.05, 0.1) is 19.4 Å². The molecule has 240 valence electrons. The number of ether oxygens (including phenoxy) is 4. The topological polar surface area (TPSA) is 112 Å². The van der Waals surface area contributed by atoms with Crippen LogP contribution in [0.4, 0.5) is 0 Å². The Labute approximate surface area is 273 Å². The van der Waals surface area contributed by atoms with Crippen LogP contribution in [-0.4, -0.2) is 59.8 Å². The summed E-state index contributed by atoms with van der Waals surface area (Å²) in [6, 6.07) is 31.2. The van der Waals surface area contributed by atoms with E-state index in [-0.39, 0.29) is 19.4 Å². The van der Waals surface area contributed by atoms with Gasteiger partial charge in [0.1, 0.15) is 36.8 Å². The maximum atomic E-state index is 13.0. The summed E-state index contributed by atoms with van der Waals surface area (Å²) in [7, 11) is 0. The van der Waals surface area contributed by atoms with Crippen molar-refractivity contribution in [3.05, 3.63) is 136 Å². The lowest BCUT2D eigenvalue weighted by Gasteiger charge is -2.42. The molecule has 46 heavy (non-hydrogen) atoms. The summed E-state index contributed by atoms with van der Waals surface area (Å²) in [6.07, 6.45) is -5.84. The number of hydrogen-bond donors (Lipinski definition) is 2. The lowest BCUT2D eigenvalue weighted by Crippen LogP contribution is -2.57. The molecule has 0 bridgehead atoms. The summed E-state index contributed by atoms with van der Waals surface area (Å²) in [6.45, 7) is 2.19. The van der Waals surface area contributed by atoms with Gasteiger partial charge in [-0.3, -0.25) is 9.59 Å². The van der Waals surface area contributed by atoms with Crippen molar-refractivity contribution in [1.29, 1.82) is 0 Å². The molecule has 0 amide bonds. The Hall–Kier alpha value is -4.21. The number of halogens is 1. The van der Waals surface area contributed by atoms with Crippen LogP contribution in [0.3, 0.4) is 0 Å². The highest BCUT2D eigenvalue weighted by Crippen LogP contribution is 2.37. The van der Waals surface area contributed by atoms with Gasteiger partial charge in [-0.2, -0.15) is 0 Å². The Bertz CT molecular complexity index is 1580. The van der Waals surface area contributed by atoms with E-state index in [0.717, 1.165) is 28.0 Å². The average Bonchev–Trinajstić information content (AvgIpc) is 3.06. The van der Waals surface area contributed by atoms with Gasteiger partial charge >= 0.3 is 11.9 Å². The van der Waals surface area contributed by atoms with Crippen molar-refractivity contribution in [3.8, 4) is 5.75 Å². The van der Waals surface area contributed by atoms with Crippen LogP contribution in [0, 0.1) is 0 Å². The minimum absolute atomic E-state index is 0.0307. The molecule has 1 saturated heterocycles. The van der Waals surface area contributed by atoms with Gasteiger partial charge in [-0.1, -0.05) is 96.5 Å².